The van der Waals surface area contributed by atoms with Crippen LogP contribution in [0.1, 0.15) is 17.2 Å². The van der Waals surface area contributed by atoms with Gasteiger partial charge in [-0.05, 0) is 52.7 Å². The number of benzene rings is 5. The van der Waals surface area contributed by atoms with Gasteiger partial charge >= 0.3 is 0 Å². The summed E-state index contributed by atoms with van der Waals surface area (Å²) >= 11 is 0. The van der Waals surface area contributed by atoms with Crippen molar-refractivity contribution in [2.24, 2.45) is 4.99 Å². The summed E-state index contributed by atoms with van der Waals surface area (Å²) in [7, 11) is -0.727. The van der Waals surface area contributed by atoms with Crippen molar-refractivity contribution >= 4 is 29.7 Å². The van der Waals surface area contributed by atoms with Crippen LogP contribution in [0.15, 0.2) is 145 Å². The molecule has 1 heterocycles. The Kier molecular flexibility index (Phi) is 6.44. The van der Waals surface area contributed by atoms with Gasteiger partial charge in [-0.15, -0.1) is 0 Å². The first kappa shape index (κ1) is 22.5. The highest BCUT2D eigenvalue weighted by molar-refractivity contribution is 7.80. The largest absolute Gasteiger partial charge is 0.475 e. The lowest BCUT2D eigenvalue weighted by Crippen LogP contribution is -2.22. The van der Waals surface area contributed by atoms with Crippen molar-refractivity contribution < 1.29 is 4.74 Å². The highest BCUT2D eigenvalue weighted by atomic mass is 31.1. The molecule has 0 spiro atoms. The molecule has 1 atom stereocenters. The predicted molar refractivity (Wildman–Crippen MR) is 152 cm³/mol. The Hall–Kier alpha value is -4.00. The molecule has 0 unspecified atom stereocenters. The molecular formula is C33H26NOP. The van der Waals surface area contributed by atoms with Crippen LogP contribution < -0.4 is 15.9 Å². The van der Waals surface area contributed by atoms with Crippen molar-refractivity contribution in [1.29, 1.82) is 0 Å². The van der Waals surface area contributed by atoms with Crippen LogP contribution in [0.25, 0.3) is 11.1 Å². The Labute approximate surface area is 213 Å². The number of hydrogen-bond acceptors (Lipinski definition) is 2. The topological polar surface area (TPSA) is 21.6 Å². The standard InChI is InChI=1S/C33H26NOP/c1-4-14-25(15-5-1)33-34-31(24-35-33)29-21-11-10-20-28(29)30-22-12-13-23-32(30)36(26-16-6-2-7-17-26)27-18-8-3-9-19-27/h1-23,31H,24H2/t31-/m1/s1. The van der Waals surface area contributed by atoms with Crippen molar-refractivity contribution in [1.82, 2.24) is 0 Å². The Balaban J connectivity index is 1.47. The van der Waals surface area contributed by atoms with E-state index in [1.165, 1.54) is 32.6 Å². The number of ether oxygens (including phenoxy) is 1. The van der Waals surface area contributed by atoms with Crippen LogP contribution >= 0.6 is 7.92 Å². The van der Waals surface area contributed by atoms with Gasteiger partial charge in [-0.25, -0.2) is 4.99 Å². The molecule has 0 fully saturated rings. The Bertz CT molecular complexity index is 1440. The van der Waals surface area contributed by atoms with Gasteiger partial charge in [0, 0.05) is 5.56 Å². The third-order valence-corrected chi connectivity index (χ3v) is 8.96. The van der Waals surface area contributed by atoms with Crippen LogP contribution in [-0.2, 0) is 4.74 Å². The van der Waals surface area contributed by atoms with Gasteiger partial charge in [0.05, 0.1) is 0 Å². The summed E-state index contributed by atoms with van der Waals surface area (Å²) in [6, 6.07) is 49.4. The summed E-state index contributed by atoms with van der Waals surface area (Å²) in [6.07, 6.45) is 0. The van der Waals surface area contributed by atoms with Gasteiger partial charge in [-0.3, -0.25) is 0 Å². The minimum atomic E-state index is -0.727. The monoisotopic (exact) mass is 483 g/mol. The molecule has 0 radical (unpaired) electrons. The molecule has 0 aliphatic carbocycles. The molecule has 5 aromatic carbocycles. The van der Waals surface area contributed by atoms with E-state index in [-0.39, 0.29) is 6.04 Å². The van der Waals surface area contributed by atoms with E-state index in [0.29, 0.717) is 6.61 Å². The molecule has 36 heavy (non-hydrogen) atoms. The predicted octanol–water partition coefficient (Wildman–Crippen LogP) is 6.63. The number of rotatable bonds is 6. The molecule has 0 bridgehead atoms. The van der Waals surface area contributed by atoms with Crippen LogP contribution in [-0.4, -0.2) is 12.5 Å². The average molecular weight is 484 g/mol. The summed E-state index contributed by atoms with van der Waals surface area (Å²) in [5.74, 6) is 0.722. The summed E-state index contributed by atoms with van der Waals surface area (Å²) in [5.41, 5.74) is 4.70. The van der Waals surface area contributed by atoms with Crippen molar-refractivity contribution in [2.45, 2.75) is 6.04 Å². The summed E-state index contributed by atoms with van der Waals surface area (Å²) in [6.45, 7) is 0.551. The molecule has 1 aliphatic heterocycles. The summed E-state index contributed by atoms with van der Waals surface area (Å²) in [5, 5.41) is 4.04. The average Bonchev–Trinajstić information content (AvgIpc) is 3.46. The highest BCUT2D eigenvalue weighted by Crippen LogP contribution is 2.40. The maximum atomic E-state index is 6.07. The van der Waals surface area contributed by atoms with E-state index in [2.05, 4.69) is 121 Å². The molecule has 3 heteroatoms. The fraction of sp³-hybridized carbons (Fsp3) is 0.0606. The van der Waals surface area contributed by atoms with E-state index in [9.17, 15) is 0 Å². The molecule has 5 aromatic rings. The van der Waals surface area contributed by atoms with E-state index in [0.717, 1.165) is 11.5 Å². The summed E-state index contributed by atoms with van der Waals surface area (Å²) < 4.78 is 6.07. The second kappa shape index (κ2) is 10.3. The first-order valence-electron chi connectivity index (χ1n) is 12.2. The minimum absolute atomic E-state index is 0.0378. The van der Waals surface area contributed by atoms with Crippen LogP contribution in [0.4, 0.5) is 0 Å². The summed E-state index contributed by atoms with van der Waals surface area (Å²) in [4.78, 5) is 5.01. The van der Waals surface area contributed by atoms with E-state index < -0.39 is 7.92 Å². The Morgan fingerprint density at radius 3 is 1.75 bits per heavy atom. The van der Waals surface area contributed by atoms with Gasteiger partial charge in [-0.2, -0.15) is 0 Å². The SMILES string of the molecule is c1ccc(C2=N[C@@H](c3ccccc3-c3ccccc3P(c3ccccc3)c3ccccc3)CO2)cc1. The zero-order valence-electron chi connectivity index (χ0n) is 19.9. The molecule has 0 aromatic heterocycles. The molecule has 0 saturated carbocycles. The fourth-order valence-corrected chi connectivity index (χ4v) is 7.25. The maximum Gasteiger partial charge on any atom is 0.216 e. The lowest BCUT2D eigenvalue weighted by molar-refractivity contribution is 0.320. The van der Waals surface area contributed by atoms with Crippen LogP contribution in [0.3, 0.4) is 0 Å². The molecule has 0 saturated heterocycles. The lowest BCUT2D eigenvalue weighted by atomic mass is 9.95. The van der Waals surface area contributed by atoms with Crippen molar-refractivity contribution in [2.75, 3.05) is 6.61 Å². The van der Waals surface area contributed by atoms with Gasteiger partial charge in [0.1, 0.15) is 12.6 Å². The van der Waals surface area contributed by atoms with Gasteiger partial charge in [0.15, 0.2) is 0 Å². The molecule has 0 N–H and O–H groups in total. The van der Waals surface area contributed by atoms with Gasteiger partial charge in [-0.1, -0.05) is 127 Å². The van der Waals surface area contributed by atoms with Crippen LogP contribution in [0.5, 0.6) is 0 Å². The van der Waals surface area contributed by atoms with Crippen molar-refractivity contribution in [3.05, 3.63) is 151 Å². The molecule has 1 aliphatic rings. The second-order valence-electron chi connectivity index (χ2n) is 8.74. The van der Waals surface area contributed by atoms with E-state index in [4.69, 9.17) is 9.73 Å². The third kappa shape index (κ3) is 4.49. The Morgan fingerprint density at radius 2 is 1.08 bits per heavy atom. The molecular weight excluding hydrogens is 457 g/mol. The number of hydrogen-bond donors (Lipinski definition) is 0. The first-order chi connectivity index (χ1) is 17.9. The van der Waals surface area contributed by atoms with E-state index in [1.54, 1.807) is 0 Å². The zero-order valence-corrected chi connectivity index (χ0v) is 20.8. The van der Waals surface area contributed by atoms with Crippen LogP contribution in [0, 0.1) is 0 Å². The zero-order chi connectivity index (χ0) is 24.2. The third-order valence-electron chi connectivity index (χ3n) is 6.46. The molecule has 174 valence electrons. The van der Waals surface area contributed by atoms with E-state index >= 15 is 0 Å². The van der Waals surface area contributed by atoms with Crippen molar-refractivity contribution in [3.63, 3.8) is 0 Å². The lowest BCUT2D eigenvalue weighted by Gasteiger charge is -2.24. The quantitative estimate of drug-likeness (QED) is 0.249. The molecule has 0 amide bonds. The number of aliphatic imine (C=N–C) groups is 1. The molecule has 2 nitrogen and oxygen atoms in total. The highest BCUT2D eigenvalue weighted by Gasteiger charge is 2.26. The van der Waals surface area contributed by atoms with Gasteiger partial charge in [0.2, 0.25) is 5.90 Å². The maximum absolute atomic E-state index is 6.07. The van der Waals surface area contributed by atoms with Gasteiger partial charge < -0.3 is 4.74 Å². The van der Waals surface area contributed by atoms with E-state index in [1.807, 2.05) is 18.2 Å². The second-order valence-corrected chi connectivity index (χ2v) is 10.9. The molecule has 6 rings (SSSR count). The van der Waals surface area contributed by atoms with Gasteiger partial charge in [0.25, 0.3) is 0 Å². The normalized spacial score (nSPS) is 14.9. The van der Waals surface area contributed by atoms with Crippen LogP contribution in [0.2, 0.25) is 0 Å². The Morgan fingerprint density at radius 1 is 0.556 bits per heavy atom. The fourth-order valence-electron chi connectivity index (χ4n) is 4.78. The smallest absolute Gasteiger partial charge is 0.216 e. The van der Waals surface area contributed by atoms with Crippen molar-refractivity contribution in [3.8, 4) is 11.1 Å². The first-order valence-corrected chi connectivity index (χ1v) is 13.6. The minimum Gasteiger partial charge on any atom is -0.475 e. The number of nitrogens with zero attached hydrogens (tertiary/aromatic N) is 1.